The number of nitrogens with zero attached hydrogens (tertiary/aromatic N) is 1. The molecular weight excluding hydrogens is 426 g/mol. The third-order valence-electron chi connectivity index (χ3n) is 5.33. The molecule has 158 valence electrons. The average Bonchev–Trinajstić information content (AvgIpc) is 3.35. The summed E-state index contributed by atoms with van der Waals surface area (Å²) >= 11 is 6.31. The summed E-state index contributed by atoms with van der Waals surface area (Å²) in [5.41, 5.74) is 3.98. The van der Waals surface area contributed by atoms with E-state index in [2.05, 4.69) is 5.16 Å². The van der Waals surface area contributed by atoms with Gasteiger partial charge >= 0.3 is 5.63 Å². The molecule has 6 heteroatoms. The summed E-state index contributed by atoms with van der Waals surface area (Å²) in [5, 5.41) is 5.25. The van der Waals surface area contributed by atoms with Gasteiger partial charge in [-0.25, -0.2) is 4.79 Å². The molecule has 5 aromatic rings. The molecule has 5 nitrogen and oxygen atoms in total. The molecule has 0 N–H and O–H groups in total. The van der Waals surface area contributed by atoms with Crippen molar-refractivity contribution in [2.75, 3.05) is 0 Å². The fourth-order valence-electron chi connectivity index (χ4n) is 3.79. The van der Waals surface area contributed by atoms with Crippen LogP contribution < -0.4 is 10.4 Å². The van der Waals surface area contributed by atoms with E-state index in [0.717, 1.165) is 22.1 Å². The summed E-state index contributed by atoms with van der Waals surface area (Å²) in [4.78, 5) is 12.4. The second-order valence-electron chi connectivity index (χ2n) is 7.36. The summed E-state index contributed by atoms with van der Waals surface area (Å²) in [7, 11) is 0. The molecule has 32 heavy (non-hydrogen) atoms. The zero-order chi connectivity index (χ0) is 22.1. The number of halogens is 1. The van der Waals surface area contributed by atoms with Crippen LogP contribution >= 0.6 is 11.6 Å². The van der Waals surface area contributed by atoms with Crippen molar-refractivity contribution in [1.82, 2.24) is 5.16 Å². The van der Waals surface area contributed by atoms with E-state index in [-0.39, 0.29) is 6.61 Å². The van der Waals surface area contributed by atoms with Crippen LogP contribution in [-0.2, 0) is 6.61 Å². The molecule has 2 heterocycles. The SMILES string of the molecule is Cc1c(OCc2ccccc2Cl)c(-c2ccno2)cc2c(-c3ccccc3)cc(=O)oc12. The van der Waals surface area contributed by atoms with Crippen LogP contribution in [0.25, 0.3) is 33.4 Å². The van der Waals surface area contributed by atoms with Gasteiger partial charge in [-0.1, -0.05) is 65.3 Å². The van der Waals surface area contributed by atoms with E-state index >= 15 is 0 Å². The molecule has 0 radical (unpaired) electrons. The van der Waals surface area contributed by atoms with Crippen LogP contribution in [0.2, 0.25) is 5.02 Å². The molecule has 0 saturated carbocycles. The van der Waals surface area contributed by atoms with E-state index in [4.69, 9.17) is 25.3 Å². The van der Waals surface area contributed by atoms with Crippen molar-refractivity contribution in [2.45, 2.75) is 13.5 Å². The number of rotatable bonds is 5. The number of benzene rings is 3. The normalized spacial score (nSPS) is 11.1. The number of hydrogen-bond donors (Lipinski definition) is 0. The third kappa shape index (κ3) is 3.67. The molecule has 0 bridgehead atoms. The van der Waals surface area contributed by atoms with Crippen molar-refractivity contribution < 1.29 is 13.7 Å². The van der Waals surface area contributed by atoms with Crippen molar-refractivity contribution in [1.29, 1.82) is 0 Å². The Morgan fingerprint density at radius 3 is 2.50 bits per heavy atom. The van der Waals surface area contributed by atoms with Gasteiger partial charge in [0.05, 0.1) is 11.8 Å². The number of aromatic nitrogens is 1. The van der Waals surface area contributed by atoms with Crippen LogP contribution in [0.15, 0.2) is 92.7 Å². The van der Waals surface area contributed by atoms with Gasteiger partial charge in [0.25, 0.3) is 0 Å². The highest BCUT2D eigenvalue weighted by Crippen LogP contribution is 2.41. The zero-order valence-electron chi connectivity index (χ0n) is 17.2. The Kier molecular flexibility index (Phi) is 5.25. The Bertz CT molecular complexity index is 1460. The van der Waals surface area contributed by atoms with Gasteiger partial charge in [0, 0.05) is 33.7 Å². The highest BCUT2D eigenvalue weighted by Gasteiger charge is 2.21. The summed E-state index contributed by atoms with van der Waals surface area (Å²) in [6, 6.07) is 22.4. The largest absolute Gasteiger partial charge is 0.488 e. The lowest BCUT2D eigenvalue weighted by Crippen LogP contribution is -2.03. The average molecular weight is 444 g/mol. The first-order valence-corrected chi connectivity index (χ1v) is 10.4. The maximum atomic E-state index is 12.4. The standard InChI is InChI=1S/C26H18ClNO4/c1-16-25(30-15-18-9-5-6-10-22(18)27)21(23-11-12-28-32-23)13-20-19(14-24(29)31-26(16)20)17-7-3-2-4-8-17/h2-14H,15H2,1H3. The van der Waals surface area contributed by atoms with E-state index in [1.54, 1.807) is 12.3 Å². The van der Waals surface area contributed by atoms with Crippen LogP contribution in [-0.4, -0.2) is 5.16 Å². The summed E-state index contributed by atoms with van der Waals surface area (Å²) in [6.45, 7) is 2.11. The van der Waals surface area contributed by atoms with Crippen LogP contribution in [0.5, 0.6) is 5.75 Å². The Morgan fingerprint density at radius 2 is 1.75 bits per heavy atom. The highest BCUT2D eigenvalue weighted by atomic mass is 35.5. The quantitative estimate of drug-likeness (QED) is 0.284. The second-order valence-corrected chi connectivity index (χ2v) is 7.76. The van der Waals surface area contributed by atoms with E-state index < -0.39 is 5.63 Å². The first-order valence-electron chi connectivity index (χ1n) is 10.1. The Labute approximate surface area is 188 Å². The lowest BCUT2D eigenvalue weighted by molar-refractivity contribution is 0.304. The maximum absolute atomic E-state index is 12.4. The second kappa shape index (κ2) is 8.36. The molecule has 0 saturated heterocycles. The topological polar surface area (TPSA) is 65.5 Å². The van der Waals surface area contributed by atoms with E-state index in [0.29, 0.717) is 33.2 Å². The van der Waals surface area contributed by atoms with Crippen LogP contribution in [0.1, 0.15) is 11.1 Å². The molecule has 0 fully saturated rings. The minimum absolute atomic E-state index is 0.246. The van der Waals surface area contributed by atoms with E-state index in [1.165, 1.54) is 6.07 Å². The van der Waals surface area contributed by atoms with Crippen molar-refractivity contribution >= 4 is 22.6 Å². The van der Waals surface area contributed by atoms with Gasteiger partial charge in [-0.05, 0) is 30.2 Å². The van der Waals surface area contributed by atoms with Gasteiger partial charge in [0.1, 0.15) is 17.9 Å². The molecule has 0 spiro atoms. The molecule has 5 rings (SSSR count). The van der Waals surface area contributed by atoms with Gasteiger partial charge in [-0.2, -0.15) is 0 Å². The van der Waals surface area contributed by atoms with Crippen LogP contribution in [0.4, 0.5) is 0 Å². The number of aryl methyl sites for hydroxylation is 1. The number of hydrogen-bond acceptors (Lipinski definition) is 5. The van der Waals surface area contributed by atoms with Gasteiger partial charge in [-0.3, -0.25) is 0 Å². The lowest BCUT2D eigenvalue weighted by Gasteiger charge is -2.16. The van der Waals surface area contributed by atoms with Crippen LogP contribution in [0, 0.1) is 6.92 Å². The Hall–Kier alpha value is -3.83. The molecule has 0 amide bonds. The molecule has 3 aromatic carbocycles. The lowest BCUT2D eigenvalue weighted by atomic mass is 9.96. The van der Waals surface area contributed by atoms with Gasteiger partial charge in [0.15, 0.2) is 5.76 Å². The first kappa shape index (κ1) is 20.1. The van der Waals surface area contributed by atoms with Gasteiger partial charge in [-0.15, -0.1) is 0 Å². The molecule has 0 aliphatic heterocycles. The smallest absolute Gasteiger partial charge is 0.336 e. The predicted octanol–water partition coefficient (Wildman–Crippen LogP) is 6.66. The maximum Gasteiger partial charge on any atom is 0.336 e. The fraction of sp³-hybridized carbons (Fsp3) is 0.0769. The first-order chi connectivity index (χ1) is 15.6. The third-order valence-corrected chi connectivity index (χ3v) is 5.70. The molecule has 2 aromatic heterocycles. The summed E-state index contributed by atoms with van der Waals surface area (Å²) < 4.78 is 17.3. The van der Waals surface area contributed by atoms with E-state index in [1.807, 2.05) is 67.6 Å². The van der Waals surface area contributed by atoms with Crippen molar-refractivity contribution in [3.63, 3.8) is 0 Å². The fourth-order valence-corrected chi connectivity index (χ4v) is 3.98. The van der Waals surface area contributed by atoms with Crippen LogP contribution in [0.3, 0.4) is 0 Å². The van der Waals surface area contributed by atoms with Crippen molar-refractivity contribution in [3.05, 3.63) is 106 Å². The van der Waals surface area contributed by atoms with Crippen molar-refractivity contribution in [3.8, 4) is 28.2 Å². The van der Waals surface area contributed by atoms with Gasteiger partial charge in [0.2, 0.25) is 0 Å². The number of ether oxygens (including phenoxy) is 1. The zero-order valence-corrected chi connectivity index (χ0v) is 17.9. The minimum atomic E-state index is -0.427. The minimum Gasteiger partial charge on any atom is -0.488 e. The van der Waals surface area contributed by atoms with Gasteiger partial charge < -0.3 is 13.7 Å². The van der Waals surface area contributed by atoms with Crippen molar-refractivity contribution in [2.24, 2.45) is 0 Å². The summed E-state index contributed by atoms with van der Waals surface area (Å²) in [6.07, 6.45) is 1.58. The molecule has 0 aliphatic rings. The highest BCUT2D eigenvalue weighted by molar-refractivity contribution is 6.31. The molecular formula is C26H18ClNO4. The summed E-state index contributed by atoms with van der Waals surface area (Å²) in [5.74, 6) is 1.09. The number of fused-ring (bicyclic) bond motifs is 1. The monoisotopic (exact) mass is 443 g/mol. The Morgan fingerprint density at radius 1 is 0.969 bits per heavy atom. The van der Waals surface area contributed by atoms with E-state index in [9.17, 15) is 4.79 Å². The predicted molar refractivity (Wildman–Crippen MR) is 124 cm³/mol. The Balaban J connectivity index is 1.73. The molecule has 0 atom stereocenters. The molecule has 0 unspecified atom stereocenters. The molecule has 0 aliphatic carbocycles.